The van der Waals surface area contributed by atoms with E-state index in [0.717, 1.165) is 78.9 Å². The molecule has 0 aliphatic carbocycles. The lowest BCUT2D eigenvalue weighted by atomic mass is 10.0. The second-order valence-corrected chi connectivity index (χ2v) is 29.7. The highest BCUT2D eigenvalue weighted by molar-refractivity contribution is 7.98. The fraction of sp³-hybridized carbons (Fsp3) is 0.284. The number of hydrogen-bond donors (Lipinski definition) is 4. The molecule has 0 atom stereocenters. The number of aromatic nitrogens is 6. The molecular formula is C74H71Cl6N15O10S. The van der Waals surface area contributed by atoms with Crippen molar-refractivity contribution in [3.05, 3.63) is 191 Å². The van der Waals surface area contributed by atoms with Gasteiger partial charge in [-0.25, -0.2) is 24.5 Å². The molecular weight excluding hydrogens is 1500 g/mol. The molecule has 5 N–H and O–H groups in total. The lowest BCUT2D eigenvalue weighted by Crippen LogP contribution is -2.39. The van der Waals surface area contributed by atoms with Crippen LogP contribution in [0.1, 0.15) is 109 Å². The number of amides is 5. The normalized spacial score (nSPS) is 14.8. The molecule has 0 radical (unpaired) electrons. The highest BCUT2D eigenvalue weighted by atomic mass is 35.5. The van der Waals surface area contributed by atoms with Crippen molar-refractivity contribution in [2.24, 2.45) is 0 Å². The Bertz CT molecular complexity index is 4840. The van der Waals surface area contributed by atoms with Gasteiger partial charge in [-0.2, -0.15) is 15.0 Å². The van der Waals surface area contributed by atoms with Crippen molar-refractivity contribution in [3.8, 4) is 17.6 Å². The number of thioether (sulfide) groups is 1. The Hall–Kier alpha value is -9.80. The molecule has 0 unspecified atom stereocenters. The van der Waals surface area contributed by atoms with Crippen LogP contribution in [-0.4, -0.2) is 117 Å². The Kier molecular flexibility index (Phi) is 23.3. The molecule has 0 bridgehead atoms. The average Bonchev–Trinajstić information content (AvgIpc) is 0.792. The number of nitrogens with zero attached hydrogens (tertiary/aromatic N) is 11. The van der Waals surface area contributed by atoms with Gasteiger partial charge in [0.05, 0.1) is 58.6 Å². The number of carbonyl (C=O) groups excluding carboxylic acids is 5. The summed E-state index contributed by atoms with van der Waals surface area (Å²) in [5, 5.41) is 12.4. The number of ether oxygens (including phenoxy) is 5. The molecule has 9 heterocycles. The van der Waals surface area contributed by atoms with Crippen LogP contribution >= 0.6 is 81.4 Å². The second-order valence-electron chi connectivity index (χ2n) is 26.5. The van der Waals surface area contributed by atoms with Crippen LogP contribution in [0.3, 0.4) is 0 Å². The summed E-state index contributed by atoms with van der Waals surface area (Å²) in [6.45, 7) is 13.2. The van der Waals surface area contributed by atoms with E-state index in [0.29, 0.717) is 82.8 Å². The summed E-state index contributed by atoms with van der Waals surface area (Å²) in [7, 11) is 0. The Labute approximate surface area is 645 Å². The Balaban J connectivity index is 0.000000138. The number of benzene rings is 6. The minimum atomic E-state index is -0.592. The second kappa shape index (κ2) is 32.5. The number of aryl methyl sites for hydroxylation is 3. The van der Waals surface area contributed by atoms with Gasteiger partial charge in [0.1, 0.15) is 27.9 Å². The zero-order valence-electron chi connectivity index (χ0n) is 58.4. The number of nitrogens with one attached hydrogen (secondary N) is 3. The summed E-state index contributed by atoms with van der Waals surface area (Å²) in [4.78, 5) is 96.6. The van der Waals surface area contributed by atoms with Gasteiger partial charge in [-0.3, -0.25) is 38.9 Å². The summed E-state index contributed by atoms with van der Waals surface area (Å²) in [5.41, 5.74) is 15.1. The fourth-order valence-electron chi connectivity index (χ4n) is 11.9. The van der Waals surface area contributed by atoms with Gasteiger partial charge in [0.15, 0.2) is 25.3 Å². The van der Waals surface area contributed by atoms with Crippen LogP contribution in [0.4, 0.5) is 72.7 Å². The molecule has 6 aromatic carbocycles. The maximum absolute atomic E-state index is 13.1. The molecule has 550 valence electrons. The molecule has 15 rings (SSSR count). The largest absolute Gasteiger partial charge is 0.455 e. The van der Waals surface area contributed by atoms with Crippen LogP contribution in [0.25, 0.3) is 0 Å². The van der Waals surface area contributed by atoms with Gasteiger partial charge in [-0.05, 0) is 176 Å². The van der Waals surface area contributed by atoms with E-state index < -0.39 is 11.2 Å². The van der Waals surface area contributed by atoms with Gasteiger partial charge in [0.25, 0.3) is 17.7 Å². The van der Waals surface area contributed by atoms with E-state index in [2.05, 4.69) is 51.9 Å². The van der Waals surface area contributed by atoms with Crippen LogP contribution in [0, 0.1) is 0 Å². The first kappa shape index (κ1) is 75.9. The van der Waals surface area contributed by atoms with Gasteiger partial charge in [-0.15, -0.1) is 0 Å². The van der Waals surface area contributed by atoms with Crippen LogP contribution in [-0.2, 0) is 28.7 Å². The van der Waals surface area contributed by atoms with Crippen LogP contribution in [0.5, 0.6) is 17.6 Å². The van der Waals surface area contributed by atoms with E-state index in [1.54, 1.807) is 64.4 Å². The van der Waals surface area contributed by atoms with Crippen molar-refractivity contribution in [2.75, 3.05) is 92.3 Å². The van der Waals surface area contributed by atoms with Gasteiger partial charge in [-0.1, -0.05) is 118 Å². The molecule has 6 aliphatic heterocycles. The first-order chi connectivity index (χ1) is 50.7. The van der Waals surface area contributed by atoms with Gasteiger partial charge < -0.3 is 45.4 Å². The Morgan fingerprint density at radius 3 is 1.33 bits per heavy atom. The molecule has 0 spiro atoms. The third-order valence-corrected chi connectivity index (χ3v) is 19.1. The summed E-state index contributed by atoms with van der Waals surface area (Å²) >= 11 is 38.7. The zero-order valence-corrected chi connectivity index (χ0v) is 63.7. The van der Waals surface area contributed by atoms with Crippen molar-refractivity contribution in [1.82, 2.24) is 29.9 Å². The van der Waals surface area contributed by atoms with E-state index in [9.17, 15) is 24.0 Å². The van der Waals surface area contributed by atoms with Crippen molar-refractivity contribution in [2.45, 2.75) is 96.4 Å². The van der Waals surface area contributed by atoms with Crippen LogP contribution in [0.2, 0.25) is 30.1 Å². The first-order valence-electron chi connectivity index (χ1n) is 33.4. The van der Waals surface area contributed by atoms with Crippen molar-refractivity contribution in [3.63, 3.8) is 0 Å². The van der Waals surface area contributed by atoms with Gasteiger partial charge >= 0.3 is 12.2 Å². The molecule has 32 heteroatoms. The third kappa shape index (κ3) is 17.5. The Morgan fingerprint density at radius 1 is 0.509 bits per heavy atom. The molecule has 9 aromatic rings. The van der Waals surface area contributed by atoms with E-state index in [-0.39, 0.29) is 90.4 Å². The summed E-state index contributed by atoms with van der Waals surface area (Å²) < 4.78 is 28.0. The summed E-state index contributed by atoms with van der Waals surface area (Å²) in [5.74, 6) is 0.248. The summed E-state index contributed by atoms with van der Waals surface area (Å²) in [6, 6.07) is 32.7. The van der Waals surface area contributed by atoms with Crippen LogP contribution in [0.15, 0.2) is 133 Å². The number of nitrogen functional groups attached to an aromatic ring is 1. The molecule has 5 amide bonds. The number of halogens is 6. The Morgan fingerprint density at radius 2 is 0.896 bits per heavy atom. The maximum atomic E-state index is 13.1. The van der Waals surface area contributed by atoms with Crippen molar-refractivity contribution < 1.29 is 47.7 Å². The predicted octanol–water partition coefficient (Wildman–Crippen LogP) is 17.6. The monoisotopic (exact) mass is 1570 g/mol. The zero-order chi connectivity index (χ0) is 75.3. The number of para-hydroxylation sites is 3. The minimum absolute atomic E-state index is 0.000120. The van der Waals surface area contributed by atoms with Crippen molar-refractivity contribution >= 4 is 174 Å². The van der Waals surface area contributed by atoms with Gasteiger partial charge in [0.2, 0.25) is 29.5 Å². The molecule has 0 fully saturated rings. The molecule has 106 heavy (non-hydrogen) atoms. The molecule has 3 aromatic heterocycles. The SMILES string of the molecule is CC(C)(C)OC(=O)N1CCCc2ccc(N)cc21.CC(C)(C)OC(=O)N1CCCc2ccc(Nc3ncc4c(n3)OCN(c3c(Cl)cccc3Cl)C4=O)cc21.CSc1ncc2c(n1)OCN(c1c(Cl)cccc1Cl)C2=O.O=C1c2cnc(Nc3ccc4c(c3)NCCC4)nc2OCN1c1c(Cl)cccc1Cl. The number of anilines is 11. The topological polar surface area (TPSA) is 287 Å². The minimum Gasteiger partial charge on any atom is -0.455 e. The standard InChI is InChI=1S/C26H25Cl2N5O4.C21H17Cl2N5O2.C14H20N2O2.C13H9Cl2N3O2S/c1-26(2,3)37-25(35)32-11-5-6-15-9-10-16(12-20(15)32)30-24-29-13-17-22(31-24)36-14-33(23(17)34)21-18(27)7-4-8-19(21)28;22-15-4-1-5-16(23)18(15)28-11-30-19-14(20(28)29)10-25-21(27-19)26-13-7-6-12-3-2-8-24-17(12)9-13;1-14(2,3)18-13(17)16-8-4-5-10-6-7-11(15)9-12(10)16;1-21-13-16-5-7-11(17-13)20-6-18(12(7)19)10-8(14)3-2-4-9(10)15/h4,7-10,12-13H,5-6,11,14H2,1-3H3,(H,29,30,31);1,4-7,9-10,24H,2-3,8,11H2,(H,25,26,27);6-7,9H,4-5,8,15H2,1-3H3;2-5H,6H2,1H3. The molecule has 0 saturated carbocycles. The molecule has 0 saturated heterocycles. The lowest BCUT2D eigenvalue weighted by Gasteiger charge is -2.32. The highest BCUT2D eigenvalue weighted by Crippen LogP contribution is 2.42. The van der Waals surface area contributed by atoms with E-state index in [1.807, 2.05) is 96.3 Å². The smallest absolute Gasteiger partial charge is 0.414 e. The van der Waals surface area contributed by atoms with E-state index >= 15 is 0 Å². The molecule has 6 aliphatic rings. The van der Waals surface area contributed by atoms with E-state index in [4.69, 9.17) is 99.0 Å². The lowest BCUT2D eigenvalue weighted by molar-refractivity contribution is 0.0567. The van der Waals surface area contributed by atoms with E-state index in [1.165, 1.54) is 50.6 Å². The number of fused-ring (bicyclic) bond motifs is 6. The number of carbonyl (C=O) groups is 5. The quantitative estimate of drug-likeness (QED) is 0.0624. The first-order valence-corrected chi connectivity index (χ1v) is 36.9. The van der Waals surface area contributed by atoms with Gasteiger partial charge in [0, 0.05) is 61.0 Å². The fourth-order valence-corrected chi connectivity index (χ4v) is 14.0. The highest BCUT2D eigenvalue weighted by Gasteiger charge is 2.36. The predicted molar refractivity (Wildman–Crippen MR) is 415 cm³/mol. The van der Waals surface area contributed by atoms with Crippen LogP contribution < -0.4 is 60.4 Å². The average molecular weight is 1580 g/mol. The third-order valence-electron chi connectivity index (χ3n) is 16.7. The number of rotatable bonds is 8. The summed E-state index contributed by atoms with van der Waals surface area (Å²) in [6.07, 6.45) is 11.3. The molecule has 25 nitrogen and oxygen atoms in total. The van der Waals surface area contributed by atoms with Crippen molar-refractivity contribution in [1.29, 1.82) is 0 Å². The number of nitrogens with two attached hydrogens (primary N) is 1. The maximum Gasteiger partial charge on any atom is 0.414 e. The number of hydrogen-bond acceptors (Lipinski definition) is 21.